The zero-order valence-electron chi connectivity index (χ0n) is 22.2. The third kappa shape index (κ3) is 4.96. The fourth-order valence-electron chi connectivity index (χ4n) is 5.70. The lowest BCUT2D eigenvalue weighted by atomic mass is 9.84. The van der Waals surface area contributed by atoms with Gasteiger partial charge >= 0.3 is 0 Å². The first-order valence-corrected chi connectivity index (χ1v) is 15.0. The second kappa shape index (κ2) is 11.1. The molecule has 0 saturated carbocycles. The third-order valence-electron chi connectivity index (χ3n) is 7.71. The van der Waals surface area contributed by atoms with E-state index in [4.69, 9.17) is 46.4 Å². The van der Waals surface area contributed by atoms with Crippen LogP contribution in [0.15, 0.2) is 133 Å². The van der Waals surface area contributed by atoms with E-state index in [0.717, 1.165) is 66.1 Å². The van der Waals surface area contributed by atoms with E-state index in [1.54, 1.807) is 0 Å². The summed E-state index contributed by atoms with van der Waals surface area (Å²) in [5.41, 5.74) is 8.92. The van der Waals surface area contributed by atoms with Gasteiger partial charge in [-0.25, -0.2) is 0 Å². The highest BCUT2D eigenvalue weighted by Crippen LogP contribution is 2.45. The Labute approximate surface area is 264 Å². The molecule has 4 heteroatoms. The van der Waals surface area contributed by atoms with Gasteiger partial charge in [0.2, 0.25) is 0 Å². The minimum absolute atomic E-state index is 0.535. The average Bonchev–Trinajstić information content (AvgIpc) is 3.02. The summed E-state index contributed by atoms with van der Waals surface area (Å²) in [6.45, 7) is 0. The van der Waals surface area contributed by atoms with Crippen molar-refractivity contribution >= 4 is 67.9 Å². The second-order valence-corrected chi connectivity index (χ2v) is 11.9. The van der Waals surface area contributed by atoms with E-state index in [9.17, 15) is 0 Å². The molecule has 0 atom stereocenters. The van der Waals surface area contributed by atoms with Crippen LogP contribution in [0.3, 0.4) is 0 Å². The summed E-state index contributed by atoms with van der Waals surface area (Å²) >= 11 is 25.9. The van der Waals surface area contributed by atoms with Crippen molar-refractivity contribution in [2.45, 2.75) is 0 Å². The van der Waals surface area contributed by atoms with Gasteiger partial charge in [0.25, 0.3) is 0 Å². The molecule has 0 saturated heterocycles. The first kappa shape index (κ1) is 27.1. The standard InChI is InChI=1S/C38H22Cl4/c39-35-19-25-15-31(23-9-3-1-4-10-23)33(17-27(25)21-37(35)41)29-13-7-8-14-30(29)34-18-28-22-38(42)36(40)20-26(28)16-32(34)24-11-5-2-6-12-24/h1-22H. The van der Waals surface area contributed by atoms with Crippen LogP contribution in [0.25, 0.3) is 66.1 Å². The summed E-state index contributed by atoms with van der Waals surface area (Å²) in [6, 6.07) is 46.1. The van der Waals surface area contributed by atoms with E-state index < -0.39 is 0 Å². The summed E-state index contributed by atoms with van der Waals surface area (Å²) in [4.78, 5) is 0. The molecule has 0 radical (unpaired) electrons. The fourth-order valence-corrected chi connectivity index (χ4v) is 6.39. The zero-order chi connectivity index (χ0) is 28.8. The van der Waals surface area contributed by atoms with E-state index in [2.05, 4.69) is 97.1 Å². The highest BCUT2D eigenvalue weighted by molar-refractivity contribution is 6.43. The van der Waals surface area contributed by atoms with Crippen LogP contribution in [0.4, 0.5) is 0 Å². The maximum absolute atomic E-state index is 6.49. The van der Waals surface area contributed by atoms with Gasteiger partial charge in [0.05, 0.1) is 20.1 Å². The lowest BCUT2D eigenvalue weighted by Crippen LogP contribution is -1.93. The van der Waals surface area contributed by atoms with E-state index in [1.807, 2.05) is 36.4 Å². The Balaban J connectivity index is 1.56. The minimum atomic E-state index is 0.535. The number of fused-ring (bicyclic) bond motifs is 2. The summed E-state index contributed by atoms with van der Waals surface area (Å²) in [5, 5.41) is 6.27. The van der Waals surface area contributed by atoms with Crippen LogP contribution in [0, 0.1) is 0 Å². The van der Waals surface area contributed by atoms with Crippen LogP contribution in [-0.2, 0) is 0 Å². The lowest BCUT2D eigenvalue weighted by molar-refractivity contribution is 1.57. The van der Waals surface area contributed by atoms with Gasteiger partial charge in [0, 0.05) is 0 Å². The Morgan fingerprint density at radius 3 is 0.881 bits per heavy atom. The monoisotopic (exact) mass is 618 g/mol. The molecule has 0 fully saturated rings. The summed E-state index contributed by atoms with van der Waals surface area (Å²) in [6.07, 6.45) is 0. The maximum Gasteiger partial charge on any atom is 0.0598 e. The van der Waals surface area contributed by atoms with Gasteiger partial charge in [-0.3, -0.25) is 0 Å². The van der Waals surface area contributed by atoms with Gasteiger partial charge < -0.3 is 0 Å². The van der Waals surface area contributed by atoms with Crippen molar-refractivity contribution in [2.24, 2.45) is 0 Å². The third-order valence-corrected chi connectivity index (χ3v) is 9.15. The van der Waals surface area contributed by atoms with E-state index in [1.165, 1.54) is 0 Å². The molecule has 0 heterocycles. The van der Waals surface area contributed by atoms with Crippen LogP contribution in [-0.4, -0.2) is 0 Å². The van der Waals surface area contributed by atoms with Gasteiger partial charge in [-0.15, -0.1) is 0 Å². The molecule has 0 aliphatic rings. The van der Waals surface area contributed by atoms with Crippen LogP contribution in [0.1, 0.15) is 0 Å². The van der Waals surface area contributed by atoms with Crippen molar-refractivity contribution in [1.29, 1.82) is 0 Å². The smallest absolute Gasteiger partial charge is 0.0598 e. The Bertz CT molecular complexity index is 1960. The number of hydrogen-bond acceptors (Lipinski definition) is 0. The topological polar surface area (TPSA) is 0 Å². The molecule has 0 bridgehead atoms. The van der Waals surface area contributed by atoms with Gasteiger partial charge in [-0.2, -0.15) is 0 Å². The largest absolute Gasteiger partial charge is 0.0827 e. The van der Waals surface area contributed by atoms with Gasteiger partial charge in [-0.05, 0) is 115 Å². The zero-order valence-corrected chi connectivity index (χ0v) is 25.2. The summed E-state index contributed by atoms with van der Waals surface area (Å²) < 4.78 is 0. The van der Waals surface area contributed by atoms with E-state index in [0.29, 0.717) is 20.1 Å². The molecule has 7 aromatic carbocycles. The number of halogens is 4. The van der Waals surface area contributed by atoms with Crippen molar-refractivity contribution in [3.05, 3.63) is 154 Å². The molecule has 0 spiro atoms. The minimum Gasteiger partial charge on any atom is -0.0827 e. The van der Waals surface area contributed by atoms with Crippen molar-refractivity contribution in [1.82, 2.24) is 0 Å². The number of benzene rings is 7. The van der Waals surface area contributed by atoms with Crippen LogP contribution in [0.5, 0.6) is 0 Å². The summed E-state index contributed by atoms with van der Waals surface area (Å²) in [5.74, 6) is 0. The van der Waals surface area contributed by atoms with Crippen molar-refractivity contribution in [2.75, 3.05) is 0 Å². The quantitative estimate of drug-likeness (QED) is 0.184. The van der Waals surface area contributed by atoms with Crippen LogP contribution < -0.4 is 0 Å². The molecule has 0 amide bonds. The molecule has 0 aliphatic carbocycles. The molecule has 42 heavy (non-hydrogen) atoms. The normalized spacial score (nSPS) is 11.3. The Morgan fingerprint density at radius 2 is 0.548 bits per heavy atom. The molecule has 202 valence electrons. The molecule has 0 aliphatic heterocycles. The molecule has 0 N–H and O–H groups in total. The summed E-state index contributed by atoms with van der Waals surface area (Å²) in [7, 11) is 0. The second-order valence-electron chi connectivity index (χ2n) is 10.3. The average molecular weight is 620 g/mol. The van der Waals surface area contributed by atoms with Crippen LogP contribution in [0.2, 0.25) is 20.1 Å². The molecule has 7 aromatic rings. The van der Waals surface area contributed by atoms with Gasteiger partial charge in [0.15, 0.2) is 0 Å². The van der Waals surface area contributed by atoms with E-state index in [-0.39, 0.29) is 0 Å². The van der Waals surface area contributed by atoms with Crippen molar-refractivity contribution < 1.29 is 0 Å². The van der Waals surface area contributed by atoms with Gasteiger partial charge in [0.1, 0.15) is 0 Å². The molecular formula is C38H22Cl4. The fraction of sp³-hybridized carbons (Fsp3) is 0. The lowest BCUT2D eigenvalue weighted by Gasteiger charge is -2.19. The SMILES string of the molecule is Clc1cc2cc(-c3ccccc3)c(-c3ccccc3-c3cc4cc(Cl)c(Cl)cc4cc3-c3ccccc3)cc2cc1Cl. The van der Waals surface area contributed by atoms with E-state index >= 15 is 0 Å². The molecule has 0 nitrogen and oxygen atoms in total. The predicted octanol–water partition coefficient (Wildman–Crippen LogP) is 13.3. The van der Waals surface area contributed by atoms with Crippen molar-refractivity contribution in [3.8, 4) is 44.5 Å². The first-order valence-electron chi connectivity index (χ1n) is 13.5. The molecule has 7 rings (SSSR count). The first-order chi connectivity index (χ1) is 20.5. The highest BCUT2D eigenvalue weighted by Gasteiger charge is 2.18. The Hall–Kier alpha value is -3.78. The maximum atomic E-state index is 6.49. The Kier molecular flexibility index (Phi) is 7.18. The molecule has 0 unspecified atom stereocenters. The molecule has 0 aromatic heterocycles. The molecular weight excluding hydrogens is 598 g/mol. The number of hydrogen-bond donors (Lipinski definition) is 0. The van der Waals surface area contributed by atoms with Crippen molar-refractivity contribution in [3.63, 3.8) is 0 Å². The van der Waals surface area contributed by atoms with Crippen LogP contribution >= 0.6 is 46.4 Å². The van der Waals surface area contributed by atoms with Gasteiger partial charge in [-0.1, -0.05) is 131 Å². The Morgan fingerprint density at radius 1 is 0.262 bits per heavy atom. The predicted molar refractivity (Wildman–Crippen MR) is 183 cm³/mol. The number of rotatable bonds is 4. The highest BCUT2D eigenvalue weighted by atomic mass is 35.5.